The van der Waals surface area contributed by atoms with E-state index in [2.05, 4.69) is 10.3 Å². The van der Waals surface area contributed by atoms with E-state index in [1.54, 1.807) is 18.2 Å². The van der Waals surface area contributed by atoms with Gasteiger partial charge in [-0.2, -0.15) is 0 Å². The molecule has 1 aromatic heterocycles. The van der Waals surface area contributed by atoms with Crippen LogP contribution in [0.25, 0.3) is 0 Å². The van der Waals surface area contributed by atoms with E-state index in [9.17, 15) is 14.4 Å². The number of rotatable bonds is 2. The Bertz CT molecular complexity index is 836. The molecular formula is C13H11N3O5. The number of amides is 1. The van der Waals surface area contributed by atoms with E-state index in [0.29, 0.717) is 17.2 Å². The van der Waals surface area contributed by atoms with Gasteiger partial charge in [-0.25, -0.2) is 4.79 Å². The van der Waals surface area contributed by atoms with E-state index >= 15 is 0 Å². The zero-order chi connectivity index (χ0) is 15.0. The molecule has 21 heavy (non-hydrogen) atoms. The number of ether oxygens (including phenoxy) is 2. The van der Waals surface area contributed by atoms with Gasteiger partial charge in [0.25, 0.3) is 11.5 Å². The number of nitrogens with one attached hydrogen (secondary N) is 2. The summed E-state index contributed by atoms with van der Waals surface area (Å²) in [4.78, 5) is 37.5. The summed E-state index contributed by atoms with van der Waals surface area (Å²) in [5.74, 6) is 0.487. The molecule has 8 nitrogen and oxygen atoms in total. The van der Waals surface area contributed by atoms with Crippen molar-refractivity contribution in [3.63, 3.8) is 0 Å². The second-order valence-corrected chi connectivity index (χ2v) is 4.39. The summed E-state index contributed by atoms with van der Waals surface area (Å²) in [6.45, 7) is 0.132. The maximum atomic E-state index is 12.1. The number of hydrogen-bond donors (Lipinski definition) is 2. The van der Waals surface area contributed by atoms with Crippen molar-refractivity contribution in [1.29, 1.82) is 0 Å². The molecule has 0 atom stereocenters. The smallest absolute Gasteiger partial charge is 0.328 e. The molecule has 1 aromatic carbocycles. The predicted octanol–water partition coefficient (Wildman–Crippen LogP) is 0.0546. The largest absolute Gasteiger partial charge is 0.454 e. The lowest BCUT2D eigenvalue weighted by molar-refractivity contribution is 0.102. The number of aromatic nitrogens is 2. The van der Waals surface area contributed by atoms with Gasteiger partial charge in [0.1, 0.15) is 5.56 Å². The summed E-state index contributed by atoms with van der Waals surface area (Å²) < 4.78 is 11.2. The van der Waals surface area contributed by atoms with E-state index in [0.717, 1.165) is 10.8 Å². The standard InChI is InChI=1S/C13H11N3O5/c1-16-12(18)8(5-14-13(16)19)11(17)15-7-2-3-9-10(4-7)21-6-20-9/h2-5H,6H2,1H3,(H,14,19)(H,15,17). The van der Waals surface area contributed by atoms with E-state index in [1.165, 1.54) is 7.05 Å². The second-order valence-electron chi connectivity index (χ2n) is 4.39. The first-order valence-corrected chi connectivity index (χ1v) is 6.06. The zero-order valence-corrected chi connectivity index (χ0v) is 11.0. The molecule has 0 bridgehead atoms. The molecule has 1 amide bonds. The minimum Gasteiger partial charge on any atom is -0.454 e. The van der Waals surface area contributed by atoms with Gasteiger partial charge in [-0.3, -0.25) is 14.2 Å². The Morgan fingerprint density at radius 2 is 2.05 bits per heavy atom. The number of nitrogens with zero attached hydrogens (tertiary/aromatic N) is 1. The molecule has 108 valence electrons. The van der Waals surface area contributed by atoms with Crippen LogP contribution in [0.3, 0.4) is 0 Å². The highest BCUT2D eigenvalue weighted by molar-refractivity contribution is 6.03. The van der Waals surface area contributed by atoms with Crippen LogP contribution in [0.1, 0.15) is 10.4 Å². The van der Waals surface area contributed by atoms with Gasteiger partial charge in [0.15, 0.2) is 11.5 Å². The Kier molecular flexibility index (Phi) is 2.98. The van der Waals surface area contributed by atoms with Crippen molar-refractivity contribution >= 4 is 11.6 Å². The summed E-state index contributed by atoms with van der Waals surface area (Å²) in [6.07, 6.45) is 1.09. The Balaban J connectivity index is 1.89. The van der Waals surface area contributed by atoms with Crippen molar-refractivity contribution in [1.82, 2.24) is 9.55 Å². The van der Waals surface area contributed by atoms with Gasteiger partial charge >= 0.3 is 5.69 Å². The molecule has 0 spiro atoms. The van der Waals surface area contributed by atoms with Crippen LogP contribution in [0.15, 0.2) is 34.0 Å². The van der Waals surface area contributed by atoms with Crippen LogP contribution >= 0.6 is 0 Å². The number of hydrogen-bond acceptors (Lipinski definition) is 5. The minimum absolute atomic E-state index is 0.132. The summed E-state index contributed by atoms with van der Waals surface area (Å²) >= 11 is 0. The molecule has 0 fully saturated rings. The van der Waals surface area contributed by atoms with Gasteiger partial charge in [-0.15, -0.1) is 0 Å². The maximum Gasteiger partial charge on any atom is 0.328 e. The number of carbonyl (C=O) groups excluding carboxylic acids is 1. The highest BCUT2D eigenvalue weighted by Gasteiger charge is 2.16. The van der Waals surface area contributed by atoms with Gasteiger partial charge in [0.05, 0.1) is 0 Å². The molecule has 2 aromatic rings. The van der Waals surface area contributed by atoms with E-state index in [-0.39, 0.29) is 12.4 Å². The molecule has 2 heterocycles. The second kappa shape index (κ2) is 4.82. The molecule has 0 aliphatic carbocycles. The average molecular weight is 289 g/mol. The highest BCUT2D eigenvalue weighted by Crippen LogP contribution is 2.34. The topological polar surface area (TPSA) is 102 Å². The predicted molar refractivity (Wildman–Crippen MR) is 72.8 cm³/mol. The summed E-state index contributed by atoms with van der Waals surface area (Å²) in [6, 6.07) is 4.88. The number of anilines is 1. The van der Waals surface area contributed by atoms with Crippen molar-refractivity contribution in [2.24, 2.45) is 7.05 Å². The third kappa shape index (κ3) is 2.27. The van der Waals surface area contributed by atoms with Crippen LogP contribution in [0.2, 0.25) is 0 Å². The summed E-state index contributed by atoms with van der Waals surface area (Å²) in [7, 11) is 1.29. The van der Waals surface area contributed by atoms with Crippen LogP contribution in [-0.4, -0.2) is 22.3 Å². The first kappa shape index (κ1) is 13.0. The van der Waals surface area contributed by atoms with Gasteiger partial charge in [-0.05, 0) is 12.1 Å². The molecule has 0 unspecified atom stereocenters. The fraction of sp³-hybridized carbons (Fsp3) is 0.154. The van der Waals surface area contributed by atoms with Crippen molar-refractivity contribution in [3.05, 3.63) is 50.8 Å². The Labute approximate surface area is 117 Å². The molecule has 8 heteroatoms. The van der Waals surface area contributed by atoms with Gasteiger partial charge in [-0.1, -0.05) is 0 Å². The van der Waals surface area contributed by atoms with Crippen LogP contribution in [0, 0.1) is 0 Å². The lowest BCUT2D eigenvalue weighted by Crippen LogP contribution is -2.37. The van der Waals surface area contributed by atoms with Crippen LogP contribution in [-0.2, 0) is 7.05 Å². The van der Waals surface area contributed by atoms with E-state index < -0.39 is 17.2 Å². The first-order chi connectivity index (χ1) is 10.1. The van der Waals surface area contributed by atoms with Crippen molar-refractivity contribution in [2.75, 3.05) is 12.1 Å². The van der Waals surface area contributed by atoms with Crippen LogP contribution < -0.4 is 26.0 Å². The van der Waals surface area contributed by atoms with E-state index in [1.807, 2.05) is 0 Å². The third-order valence-electron chi connectivity index (χ3n) is 3.05. The molecule has 0 saturated carbocycles. The van der Waals surface area contributed by atoms with Crippen LogP contribution in [0.4, 0.5) is 5.69 Å². The molecule has 1 aliphatic heterocycles. The number of aromatic amines is 1. The molecule has 1 aliphatic rings. The Morgan fingerprint density at radius 1 is 1.29 bits per heavy atom. The number of carbonyl (C=O) groups is 1. The minimum atomic E-state index is -0.669. The normalized spacial score (nSPS) is 12.2. The monoisotopic (exact) mass is 289 g/mol. The fourth-order valence-corrected chi connectivity index (χ4v) is 1.90. The molecule has 0 saturated heterocycles. The number of fused-ring (bicyclic) bond motifs is 1. The number of benzene rings is 1. The van der Waals surface area contributed by atoms with Crippen molar-refractivity contribution in [2.45, 2.75) is 0 Å². The van der Waals surface area contributed by atoms with Gasteiger partial charge in [0.2, 0.25) is 6.79 Å². The van der Waals surface area contributed by atoms with Crippen LogP contribution in [0.5, 0.6) is 11.5 Å². The fourth-order valence-electron chi connectivity index (χ4n) is 1.90. The molecule has 0 radical (unpaired) electrons. The Hall–Kier alpha value is -3.03. The maximum absolute atomic E-state index is 12.1. The highest BCUT2D eigenvalue weighted by atomic mass is 16.7. The SMILES string of the molecule is Cn1c(=O)[nH]cc(C(=O)Nc2ccc3c(c2)OCO3)c1=O. The molecule has 3 rings (SSSR count). The quantitative estimate of drug-likeness (QED) is 0.813. The summed E-state index contributed by atoms with van der Waals surface area (Å²) in [5, 5.41) is 2.57. The van der Waals surface area contributed by atoms with E-state index in [4.69, 9.17) is 9.47 Å². The lowest BCUT2D eigenvalue weighted by atomic mass is 10.2. The van der Waals surface area contributed by atoms with Crippen molar-refractivity contribution in [3.8, 4) is 11.5 Å². The third-order valence-corrected chi connectivity index (χ3v) is 3.05. The zero-order valence-electron chi connectivity index (χ0n) is 11.0. The first-order valence-electron chi connectivity index (χ1n) is 6.06. The molecule has 2 N–H and O–H groups in total. The van der Waals surface area contributed by atoms with Gasteiger partial charge in [0, 0.05) is 25.0 Å². The number of H-pyrrole nitrogens is 1. The molecular weight excluding hydrogens is 278 g/mol. The lowest BCUT2D eigenvalue weighted by Gasteiger charge is -2.06. The van der Waals surface area contributed by atoms with Gasteiger partial charge < -0.3 is 19.8 Å². The van der Waals surface area contributed by atoms with Crippen molar-refractivity contribution < 1.29 is 14.3 Å². The summed E-state index contributed by atoms with van der Waals surface area (Å²) in [5.41, 5.74) is -0.955. The Morgan fingerprint density at radius 3 is 2.86 bits per heavy atom. The average Bonchev–Trinajstić information content (AvgIpc) is 2.92.